The molecule has 0 radical (unpaired) electrons. The fourth-order valence-electron chi connectivity index (χ4n) is 1.98. The number of amides is 1. The molecule has 0 saturated heterocycles. The number of benzene rings is 1. The molecule has 0 spiro atoms. The van der Waals surface area contributed by atoms with Crippen molar-refractivity contribution in [3.63, 3.8) is 0 Å². The third-order valence-electron chi connectivity index (χ3n) is 2.89. The van der Waals surface area contributed by atoms with Crippen LogP contribution in [0.2, 0.25) is 0 Å². The summed E-state index contributed by atoms with van der Waals surface area (Å²) in [7, 11) is 0. The largest absolute Gasteiger partial charge is 0.491 e. The van der Waals surface area contributed by atoms with Crippen molar-refractivity contribution in [1.29, 1.82) is 0 Å². The summed E-state index contributed by atoms with van der Waals surface area (Å²) < 4.78 is 5.62. The summed E-state index contributed by atoms with van der Waals surface area (Å²) in [4.78, 5) is 14.3. The fraction of sp³-hybridized carbons (Fsp3) is 0.562. The van der Waals surface area contributed by atoms with Crippen LogP contribution in [0.25, 0.3) is 0 Å². The maximum absolute atomic E-state index is 12.5. The first-order chi connectivity index (χ1) is 9.45. The minimum absolute atomic E-state index is 0.0253. The van der Waals surface area contributed by atoms with Crippen molar-refractivity contribution in [3.05, 3.63) is 29.8 Å². The maximum Gasteiger partial charge on any atom is 0.254 e. The summed E-state index contributed by atoms with van der Waals surface area (Å²) >= 11 is 0. The fourth-order valence-corrected chi connectivity index (χ4v) is 1.98. The topological polar surface area (TPSA) is 49.8 Å². The van der Waals surface area contributed by atoms with Crippen molar-refractivity contribution < 1.29 is 14.6 Å². The van der Waals surface area contributed by atoms with Gasteiger partial charge < -0.3 is 14.7 Å². The molecule has 0 fully saturated rings. The molecule has 112 valence electrons. The van der Waals surface area contributed by atoms with Crippen molar-refractivity contribution in [2.24, 2.45) is 0 Å². The second-order valence-corrected chi connectivity index (χ2v) is 5.36. The first-order valence-corrected chi connectivity index (χ1v) is 7.14. The molecule has 1 N–H and O–H groups in total. The van der Waals surface area contributed by atoms with Crippen LogP contribution in [0.4, 0.5) is 0 Å². The average Bonchev–Trinajstić information content (AvgIpc) is 2.38. The first-order valence-electron chi connectivity index (χ1n) is 7.14. The summed E-state index contributed by atoms with van der Waals surface area (Å²) in [5, 5.41) is 8.93. The Kier molecular flexibility index (Phi) is 6.52. The lowest BCUT2D eigenvalue weighted by Crippen LogP contribution is -2.38. The van der Waals surface area contributed by atoms with E-state index >= 15 is 0 Å². The number of carbonyl (C=O) groups excluding carboxylic acids is 1. The van der Waals surface area contributed by atoms with Gasteiger partial charge in [0.25, 0.3) is 5.91 Å². The summed E-state index contributed by atoms with van der Waals surface area (Å²) in [6, 6.07) is 7.35. The van der Waals surface area contributed by atoms with Crippen LogP contribution in [-0.2, 0) is 0 Å². The highest BCUT2D eigenvalue weighted by atomic mass is 16.5. The molecular weight excluding hydrogens is 254 g/mol. The third kappa shape index (κ3) is 4.85. The minimum atomic E-state index is -0.0253. The van der Waals surface area contributed by atoms with E-state index in [0.717, 1.165) is 0 Å². The Morgan fingerprint density at radius 3 is 2.55 bits per heavy atom. The predicted octanol–water partition coefficient (Wildman–Crippen LogP) is 2.71. The number of aliphatic hydroxyl groups excluding tert-OH is 1. The lowest BCUT2D eigenvalue weighted by Gasteiger charge is -2.26. The van der Waals surface area contributed by atoms with Gasteiger partial charge in [0.15, 0.2) is 0 Å². The molecule has 0 heterocycles. The highest BCUT2D eigenvalue weighted by Crippen LogP contribution is 2.17. The zero-order valence-corrected chi connectivity index (χ0v) is 12.8. The molecule has 1 amide bonds. The van der Waals surface area contributed by atoms with E-state index in [-0.39, 0.29) is 24.7 Å². The predicted molar refractivity (Wildman–Crippen MR) is 80.1 cm³/mol. The van der Waals surface area contributed by atoms with Crippen LogP contribution in [0.3, 0.4) is 0 Å². The molecule has 0 unspecified atom stereocenters. The molecule has 4 heteroatoms. The smallest absolute Gasteiger partial charge is 0.254 e. The molecule has 1 aromatic carbocycles. The van der Waals surface area contributed by atoms with Gasteiger partial charge in [0.05, 0.1) is 6.10 Å². The van der Waals surface area contributed by atoms with Gasteiger partial charge >= 0.3 is 0 Å². The molecule has 0 aliphatic rings. The van der Waals surface area contributed by atoms with E-state index in [1.807, 2.05) is 39.8 Å². The highest BCUT2D eigenvalue weighted by Gasteiger charge is 2.18. The Morgan fingerprint density at radius 1 is 1.30 bits per heavy atom. The van der Waals surface area contributed by atoms with Crippen LogP contribution in [0.1, 0.15) is 44.5 Å². The van der Waals surface area contributed by atoms with E-state index < -0.39 is 0 Å². The van der Waals surface area contributed by atoms with Gasteiger partial charge in [-0.1, -0.05) is 6.07 Å². The van der Waals surface area contributed by atoms with E-state index in [0.29, 0.717) is 24.3 Å². The second-order valence-electron chi connectivity index (χ2n) is 5.36. The molecular formula is C16H25NO3. The van der Waals surface area contributed by atoms with Gasteiger partial charge in [-0.15, -0.1) is 0 Å². The van der Waals surface area contributed by atoms with Gasteiger partial charge in [-0.05, 0) is 52.3 Å². The quantitative estimate of drug-likeness (QED) is 0.835. The number of nitrogens with zero attached hydrogens (tertiary/aromatic N) is 1. The first kappa shape index (κ1) is 16.5. The van der Waals surface area contributed by atoms with Crippen LogP contribution in [0.15, 0.2) is 24.3 Å². The van der Waals surface area contributed by atoms with E-state index in [1.54, 1.807) is 17.0 Å². The van der Waals surface area contributed by atoms with Crippen LogP contribution < -0.4 is 4.74 Å². The van der Waals surface area contributed by atoms with Crippen LogP contribution >= 0.6 is 0 Å². The van der Waals surface area contributed by atoms with Gasteiger partial charge in [0.1, 0.15) is 5.75 Å². The third-order valence-corrected chi connectivity index (χ3v) is 2.89. The number of hydrogen-bond donors (Lipinski definition) is 1. The van der Waals surface area contributed by atoms with Crippen molar-refractivity contribution in [2.75, 3.05) is 13.2 Å². The number of aliphatic hydroxyl groups is 1. The van der Waals surface area contributed by atoms with Crippen LogP contribution in [0.5, 0.6) is 5.75 Å². The molecule has 4 nitrogen and oxygen atoms in total. The Hall–Kier alpha value is -1.55. The number of hydrogen-bond acceptors (Lipinski definition) is 3. The lowest BCUT2D eigenvalue weighted by atomic mass is 10.1. The molecule has 20 heavy (non-hydrogen) atoms. The molecule has 0 bridgehead atoms. The van der Waals surface area contributed by atoms with E-state index in [1.165, 1.54) is 0 Å². The van der Waals surface area contributed by atoms with E-state index in [2.05, 4.69) is 0 Å². The van der Waals surface area contributed by atoms with Gasteiger partial charge in [0, 0.05) is 24.8 Å². The zero-order chi connectivity index (χ0) is 15.1. The molecule has 0 saturated carbocycles. The minimum Gasteiger partial charge on any atom is -0.491 e. The molecule has 0 aromatic heterocycles. The maximum atomic E-state index is 12.5. The normalized spacial score (nSPS) is 10.9. The summed E-state index contributed by atoms with van der Waals surface area (Å²) in [6.07, 6.45) is 0.669. The Bertz CT molecular complexity index is 429. The second kappa shape index (κ2) is 7.90. The summed E-state index contributed by atoms with van der Waals surface area (Å²) in [6.45, 7) is 8.51. The van der Waals surface area contributed by atoms with Gasteiger partial charge in [-0.2, -0.15) is 0 Å². The molecule has 0 aliphatic heterocycles. The van der Waals surface area contributed by atoms with Crippen molar-refractivity contribution >= 4 is 5.91 Å². The Labute approximate surface area is 121 Å². The number of rotatable bonds is 7. The van der Waals surface area contributed by atoms with Crippen molar-refractivity contribution in [2.45, 2.75) is 46.3 Å². The number of ether oxygens (including phenoxy) is 1. The highest BCUT2D eigenvalue weighted by molar-refractivity contribution is 5.94. The van der Waals surface area contributed by atoms with E-state index in [4.69, 9.17) is 9.84 Å². The Morgan fingerprint density at radius 2 is 2.00 bits per heavy atom. The SMILES string of the molecule is CC(C)Oc1cccc(C(=O)N(CCCO)C(C)C)c1. The Balaban J connectivity index is 2.88. The summed E-state index contributed by atoms with van der Waals surface area (Å²) in [5.74, 6) is 0.680. The van der Waals surface area contributed by atoms with Crippen molar-refractivity contribution in [1.82, 2.24) is 4.90 Å². The zero-order valence-electron chi connectivity index (χ0n) is 12.8. The lowest BCUT2D eigenvalue weighted by molar-refractivity contribution is 0.0692. The number of carbonyl (C=O) groups is 1. The average molecular weight is 279 g/mol. The summed E-state index contributed by atoms with van der Waals surface area (Å²) in [5.41, 5.74) is 0.620. The standard InChI is InChI=1S/C16H25NO3/c1-12(2)17(9-6-10-18)16(19)14-7-5-8-15(11-14)20-13(3)4/h5,7-8,11-13,18H,6,9-10H2,1-4H3. The molecule has 1 aromatic rings. The van der Waals surface area contributed by atoms with E-state index in [9.17, 15) is 4.79 Å². The van der Waals surface area contributed by atoms with Gasteiger partial charge in [-0.25, -0.2) is 0 Å². The monoisotopic (exact) mass is 279 g/mol. The van der Waals surface area contributed by atoms with Crippen molar-refractivity contribution in [3.8, 4) is 5.75 Å². The molecule has 0 atom stereocenters. The van der Waals surface area contributed by atoms with Gasteiger partial charge in [0.2, 0.25) is 0 Å². The van der Waals surface area contributed by atoms with Crippen LogP contribution in [-0.4, -0.2) is 41.2 Å². The van der Waals surface area contributed by atoms with Crippen LogP contribution in [0, 0.1) is 0 Å². The van der Waals surface area contributed by atoms with Gasteiger partial charge in [-0.3, -0.25) is 4.79 Å². The molecule has 0 aliphatic carbocycles. The molecule has 1 rings (SSSR count).